The fraction of sp³-hybridized carbons (Fsp3) is 0.900. The molecule has 0 amide bonds. The molecule has 8 atom stereocenters. The molecule has 4 aliphatic carbocycles. The highest BCUT2D eigenvalue weighted by molar-refractivity contribution is 6.61. The number of ketones is 1. The van der Waals surface area contributed by atoms with Gasteiger partial charge in [-0.3, -0.25) is 4.79 Å². The van der Waals surface area contributed by atoms with Gasteiger partial charge in [-0.2, -0.15) is 0 Å². The number of halogens is 1. The van der Waals surface area contributed by atoms with E-state index >= 15 is 0 Å². The topological polar surface area (TPSA) is 63.6 Å². The minimum Gasteiger partial charge on any atom is -0.449 e. The Hall–Kier alpha value is -0.610. The zero-order valence-electron chi connectivity index (χ0n) is 15.2. The Morgan fingerprint density at radius 2 is 1.88 bits per heavy atom. The second kappa shape index (κ2) is 5.95. The molecule has 0 aromatic heterocycles. The summed E-state index contributed by atoms with van der Waals surface area (Å²) in [6.07, 6.45) is 6.56. The van der Waals surface area contributed by atoms with Crippen LogP contribution in [0.1, 0.15) is 65.2 Å². The maximum Gasteiger partial charge on any atom is 0.404 e. The average Bonchev–Trinajstić information content (AvgIpc) is 2.84. The Kier molecular flexibility index (Phi) is 4.23. The van der Waals surface area contributed by atoms with E-state index in [0.29, 0.717) is 30.6 Å². The molecule has 25 heavy (non-hydrogen) atoms. The van der Waals surface area contributed by atoms with E-state index in [4.69, 9.17) is 16.3 Å². The third kappa shape index (κ3) is 2.50. The molecule has 4 rings (SSSR count). The Balaban J connectivity index is 1.68. The van der Waals surface area contributed by atoms with Crippen molar-refractivity contribution in [3.8, 4) is 0 Å². The first-order valence-electron chi connectivity index (χ1n) is 9.82. The third-order valence-corrected chi connectivity index (χ3v) is 8.82. The third-order valence-electron chi connectivity index (χ3n) is 8.73. The lowest BCUT2D eigenvalue weighted by molar-refractivity contribution is -0.171. The minimum absolute atomic E-state index is 0.0352. The van der Waals surface area contributed by atoms with E-state index in [1.165, 1.54) is 0 Å². The SMILES string of the molecule is C[C@]12C(CC[C@@H]3[C@@H]1CC[C@]1(C)[C@@H](O)CC[C@@H]31)CC(=O)CC2OC(=O)Cl. The van der Waals surface area contributed by atoms with E-state index < -0.39 is 11.5 Å². The number of aliphatic hydroxyl groups is 1. The summed E-state index contributed by atoms with van der Waals surface area (Å²) in [5, 5.41) is 10.5. The highest BCUT2D eigenvalue weighted by Gasteiger charge is 2.63. The van der Waals surface area contributed by atoms with Crippen molar-refractivity contribution in [2.24, 2.45) is 34.5 Å². The Morgan fingerprint density at radius 3 is 2.60 bits per heavy atom. The molecule has 0 aromatic carbocycles. The lowest BCUT2D eigenvalue weighted by Crippen LogP contribution is -2.59. The van der Waals surface area contributed by atoms with Gasteiger partial charge in [-0.15, -0.1) is 0 Å². The van der Waals surface area contributed by atoms with Gasteiger partial charge < -0.3 is 9.84 Å². The summed E-state index contributed by atoms with van der Waals surface area (Å²) in [4.78, 5) is 23.7. The molecule has 0 bridgehead atoms. The molecule has 4 fully saturated rings. The lowest BCUT2D eigenvalue weighted by atomic mass is 9.44. The molecular weight excluding hydrogens is 340 g/mol. The molecule has 0 aromatic rings. The molecule has 4 nitrogen and oxygen atoms in total. The van der Waals surface area contributed by atoms with E-state index in [2.05, 4.69) is 13.8 Å². The van der Waals surface area contributed by atoms with Crippen molar-refractivity contribution in [2.45, 2.75) is 77.4 Å². The predicted molar refractivity (Wildman–Crippen MR) is 94.2 cm³/mol. The van der Waals surface area contributed by atoms with Crippen LogP contribution >= 0.6 is 11.6 Å². The van der Waals surface area contributed by atoms with E-state index in [1.807, 2.05) is 0 Å². The number of hydrogen-bond acceptors (Lipinski definition) is 4. The van der Waals surface area contributed by atoms with Gasteiger partial charge in [0.2, 0.25) is 0 Å². The summed E-state index contributed by atoms with van der Waals surface area (Å²) in [5.74, 6) is 2.03. The number of carbonyl (C=O) groups is 2. The number of hydrogen-bond donors (Lipinski definition) is 1. The van der Waals surface area contributed by atoms with E-state index in [1.54, 1.807) is 0 Å². The monoisotopic (exact) mass is 368 g/mol. The van der Waals surface area contributed by atoms with Crippen molar-refractivity contribution < 1.29 is 19.4 Å². The maximum atomic E-state index is 12.2. The zero-order valence-corrected chi connectivity index (χ0v) is 15.9. The number of ether oxygens (including phenoxy) is 1. The van der Waals surface area contributed by atoms with Gasteiger partial charge in [-0.05, 0) is 67.6 Å². The van der Waals surface area contributed by atoms with E-state index in [9.17, 15) is 14.7 Å². The predicted octanol–water partition coefficient (Wildman–Crippen LogP) is 4.31. The summed E-state index contributed by atoms with van der Waals surface area (Å²) < 4.78 is 5.50. The minimum atomic E-state index is -0.793. The molecule has 5 heteroatoms. The molecule has 2 unspecified atom stereocenters. The first-order valence-corrected chi connectivity index (χ1v) is 10.2. The van der Waals surface area contributed by atoms with Gasteiger partial charge in [0.25, 0.3) is 0 Å². The lowest BCUT2D eigenvalue weighted by Gasteiger charge is -2.61. The molecule has 140 valence electrons. The van der Waals surface area contributed by atoms with E-state index in [0.717, 1.165) is 38.5 Å². The standard InChI is InChI=1S/C20H29ClO4/c1-19-8-7-15-13(14(19)5-6-16(19)23)4-3-11-9-12(22)10-17(20(11,15)2)25-18(21)24/h11,13-17,23H,3-10H2,1-2H3/t11?,13-,14-,15-,16-,17?,19-,20-/m0/s1. The van der Waals surface area contributed by atoms with Gasteiger partial charge in [0.1, 0.15) is 11.9 Å². The fourth-order valence-corrected chi connectivity index (χ4v) is 7.44. The van der Waals surface area contributed by atoms with E-state index in [-0.39, 0.29) is 28.6 Å². The first kappa shape index (κ1) is 17.8. The molecule has 1 N–H and O–H groups in total. The van der Waals surface area contributed by atoms with Crippen LogP contribution in [0.4, 0.5) is 4.79 Å². The summed E-state index contributed by atoms with van der Waals surface area (Å²) in [6, 6.07) is 0. The first-order chi connectivity index (χ1) is 11.8. The van der Waals surface area contributed by atoms with Crippen LogP contribution in [0.2, 0.25) is 0 Å². The smallest absolute Gasteiger partial charge is 0.404 e. The summed E-state index contributed by atoms with van der Waals surface area (Å²) in [5.41, 5.74) is -0.928. The van der Waals surface area contributed by atoms with Crippen molar-refractivity contribution in [1.82, 2.24) is 0 Å². The molecule has 4 aliphatic rings. The van der Waals surface area contributed by atoms with Gasteiger partial charge in [0.05, 0.1) is 6.10 Å². The van der Waals surface area contributed by atoms with Crippen LogP contribution in [0.25, 0.3) is 0 Å². The number of fused-ring (bicyclic) bond motifs is 5. The average molecular weight is 369 g/mol. The Labute approximate surface area is 154 Å². The van der Waals surface area contributed by atoms with Gasteiger partial charge >= 0.3 is 5.43 Å². The van der Waals surface area contributed by atoms with Crippen LogP contribution < -0.4 is 0 Å². The molecule has 0 saturated heterocycles. The van der Waals surface area contributed by atoms with Crippen molar-refractivity contribution >= 4 is 22.8 Å². The second-order valence-electron chi connectivity index (χ2n) is 9.45. The molecule has 0 radical (unpaired) electrons. The van der Waals surface area contributed by atoms with Crippen LogP contribution in [0, 0.1) is 34.5 Å². The molecule has 0 heterocycles. The molecule has 0 spiro atoms. The van der Waals surface area contributed by atoms with Crippen molar-refractivity contribution in [1.29, 1.82) is 0 Å². The van der Waals surface area contributed by atoms with Gasteiger partial charge in [-0.1, -0.05) is 13.8 Å². The summed E-state index contributed by atoms with van der Waals surface area (Å²) in [7, 11) is 0. The highest BCUT2D eigenvalue weighted by atomic mass is 35.5. The van der Waals surface area contributed by atoms with Crippen molar-refractivity contribution in [2.75, 3.05) is 0 Å². The molecular formula is C20H29ClO4. The second-order valence-corrected chi connectivity index (χ2v) is 9.75. The Morgan fingerprint density at radius 1 is 1.12 bits per heavy atom. The van der Waals surface area contributed by atoms with Crippen LogP contribution in [0.15, 0.2) is 0 Å². The normalized spacial score (nSPS) is 52.1. The van der Waals surface area contributed by atoms with Crippen LogP contribution in [0.3, 0.4) is 0 Å². The largest absolute Gasteiger partial charge is 0.449 e. The maximum absolute atomic E-state index is 12.2. The highest BCUT2D eigenvalue weighted by Crippen LogP contribution is 2.66. The summed E-state index contributed by atoms with van der Waals surface area (Å²) >= 11 is 5.55. The van der Waals surface area contributed by atoms with Crippen molar-refractivity contribution in [3.05, 3.63) is 0 Å². The summed E-state index contributed by atoms with van der Waals surface area (Å²) in [6.45, 7) is 4.50. The fourth-order valence-electron chi connectivity index (χ4n) is 7.33. The van der Waals surface area contributed by atoms with Crippen LogP contribution in [-0.4, -0.2) is 28.5 Å². The number of aliphatic hydroxyl groups excluding tert-OH is 1. The molecule has 4 saturated carbocycles. The van der Waals surface area contributed by atoms with Gasteiger partial charge in [-0.25, -0.2) is 4.79 Å². The van der Waals surface area contributed by atoms with Crippen LogP contribution in [0.5, 0.6) is 0 Å². The van der Waals surface area contributed by atoms with Gasteiger partial charge in [0, 0.05) is 29.9 Å². The van der Waals surface area contributed by atoms with Gasteiger partial charge in [0.15, 0.2) is 0 Å². The van der Waals surface area contributed by atoms with Crippen molar-refractivity contribution in [3.63, 3.8) is 0 Å². The zero-order chi connectivity index (χ0) is 18.0. The Bertz CT molecular complexity index is 590. The quantitative estimate of drug-likeness (QED) is 0.700. The number of Topliss-reactive ketones (excluding diaryl/α,β-unsaturated/α-hetero) is 1. The molecule has 0 aliphatic heterocycles. The number of carbonyl (C=O) groups excluding carboxylic acids is 2. The number of rotatable bonds is 1. The van der Waals surface area contributed by atoms with Crippen LogP contribution in [-0.2, 0) is 9.53 Å².